The van der Waals surface area contributed by atoms with Crippen LogP contribution in [0.3, 0.4) is 0 Å². The molecule has 3 aromatic rings. The normalized spacial score (nSPS) is 12.0. The zero-order valence-electron chi connectivity index (χ0n) is 19.7. The van der Waals surface area contributed by atoms with Gasteiger partial charge in [-0.1, -0.05) is 30.3 Å². The van der Waals surface area contributed by atoms with E-state index in [0.29, 0.717) is 18.7 Å². The molecule has 176 valence electrons. The summed E-state index contributed by atoms with van der Waals surface area (Å²) in [5, 5.41) is 12.8. The van der Waals surface area contributed by atoms with E-state index in [0.717, 1.165) is 22.0 Å². The fraction of sp³-hybridized carbons (Fsp3) is 0.296. The second-order valence-electron chi connectivity index (χ2n) is 8.11. The molecule has 34 heavy (non-hydrogen) atoms. The van der Waals surface area contributed by atoms with Gasteiger partial charge in [0.2, 0.25) is 5.91 Å². The van der Waals surface area contributed by atoms with Crippen molar-refractivity contribution in [2.75, 3.05) is 7.11 Å². The number of fused-ring (bicyclic) bond motifs is 1. The van der Waals surface area contributed by atoms with Crippen LogP contribution in [0.5, 0.6) is 5.75 Å². The fourth-order valence-electron chi connectivity index (χ4n) is 3.71. The van der Waals surface area contributed by atoms with E-state index in [9.17, 15) is 9.59 Å². The summed E-state index contributed by atoms with van der Waals surface area (Å²) in [4.78, 5) is 25.1. The third-order valence-corrected chi connectivity index (χ3v) is 5.27. The van der Waals surface area contributed by atoms with Crippen molar-refractivity contribution >= 4 is 28.9 Å². The summed E-state index contributed by atoms with van der Waals surface area (Å²) in [6, 6.07) is 16.7. The summed E-state index contributed by atoms with van der Waals surface area (Å²) in [6.45, 7) is 4.15. The molecule has 1 unspecified atom stereocenters. The molecule has 1 atom stereocenters. The molecule has 0 aliphatic heterocycles. The molecule has 0 saturated carbocycles. The van der Waals surface area contributed by atoms with E-state index in [1.807, 2.05) is 47.2 Å². The molecule has 3 rings (SSSR count). The molecule has 0 bridgehead atoms. The molecular formula is C27H29N3O4. The van der Waals surface area contributed by atoms with Crippen molar-refractivity contribution in [1.82, 2.24) is 9.88 Å². The lowest BCUT2D eigenvalue weighted by Crippen LogP contribution is -2.29. The van der Waals surface area contributed by atoms with Crippen molar-refractivity contribution in [3.8, 4) is 11.8 Å². The van der Waals surface area contributed by atoms with E-state index >= 15 is 0 Å². The lowest BCUT2D eigenvalue weighted by molar-refractivity contribution is -0.148. The molecule has 0 saturated heterocycles. The number of carbonyl (C=O) groups is 2. The van der Waals surface area contributed by atoms with Gasteiger partial charge in [-0.3, -0.25) is 9.59 Å². The Labute approximate surface area is 199 Å². The average Bonchev–Trinajstić information content (AvgIpc) is 3.18. The number of aromatic nitrogens is 1. The van der Waals surface area contributed by atoms with Crippen molar-refractivity contribution < 1.29 is 19.1 Å². The minimum absolute atomic E-state index is 0.0115. The lowest BCUT2D eigenvalue weighted by atomic mass is 10.0. The van der Waals surface area contributed by atoms with Crippen LogP contribution in [0.1, 0.15) is 43.9 Å². The first-order valence-corrected chi connectivity index (χ1v) is 11.2. The second kappa shape index (κ2) is 11.7. The Kier molecular flexibility index (Phi) is 8.47. The Morgan fingerprint density at radius 1 is 1.15 bits per heavy atom. The van der Waals surface area contributed by atoms with Crippen LogP contribution in [0.4, 0.5) is 0 Å². The number of para-hydroxylation sites is 1. The van der Waals surface area contributed by atoms with Gasteiger partial charge in [-0.25, -0.2) is 0 Å². The molecule has 0 radical (unpaired) electrons. The van der Waals surface area contributed by atoms with Gasteiger partial charge in [0.1, 0.15) is 5.75 Å². The van der Waals surface area contributed by atoms with E-state index in [1.54, 1.807) is 39.2 Å². The van der Waals surface area contributed by atoms with Crippen LogP contribution in [-0.4, -0.2) is 29.7 Å². The monoisotopic (exact) mass is 459 g/mol. The lowest BCUT2D eigenvalue weighted by Gasteiger charge is -2.19. The summed E-state index contributed by atoms with van der Waals surface area (Å²) < 4.78 is 12.5. The smallest absolute Gasteiger partial charge is 0.308 e. The molecular weight excluding hydrogens is 430 g/mol. The quantitative estimate of drug-likeness (QED) is 0.348. The third-order valence-electron chi connectivity index (χ3n) is 5.27. The number of nitrogens with one attached hydrogen (secondary N) is 1. The van der Waals surface area contributed by atoms with Crippen LogP contribution in [0.25, 0.3) is 17.0 Å². The number of nitriles is 1. The fourth-order valence-corrected chi connectivity index (χ4v) is 3.71. The molecule has 1 amide bonds. The summed E-state index contributed by atoms with van der Waals surface area (Å²) in [7, 11) is 1.58. The van der Waals surface area contributed by atoms with Crippen LogP contribution in [0.15, 0.2) is 60.8 Å². The van der Waals surface area contributed by atoms with Crippen molar-refractivity contribution in [3.05, 3.63) is 71.9 Å². The highest BCUT2D eigenvalue weighted by molar-refractivity contribution is 5.96. The Morgan fingerprint density at radius 3 is 2.56 bits per heavy atom. The van der Waals surface area contributed by atoms with Gasteiger partial charge in [0, 0.05) is 35.3 Å². The van der Waals surface area contributed by atoms with Crippen molar-refractivity contribution in [2.24, 2.45) is 0 Å². The molecule has 0 aliphatic rings. The maximum Gasteiger partial charge on any atom is 0.308 e. The maximum atomic E-state index is 12.8. The van der Waals surface area contributed by atoms with Gasteiger partial charge in [0.05, 0.1) is 38.2 Å². The molecule has 0 fully saturated rings. The minimum atomic E-state index is -0.550. The van der Waals surface area contributed by atoms with Gasteiger partial charge in [-0.05, 0) is 43.7 Å². The van der Waals surface area contributed by atoms with Crippen LogP contribution in [0.2, 0.25) is 0 Å². The number of hydrogen-bond donors (Lipinski definition) is 1. The van der Waals surface area contributed by atoms with Crippen LogP contribution < -0.4 is 10.1 Å². The predicted molar refractivity (Wildman–Crippen MR) is 131 cm³/mol. The largest absolute Gasteiger partial charge is 0.497 e. The Balaban J connectivity index is 1.79. The van der Waals surface area contributed by atoms with E-state index in [-0.39, 0.29) is 24.4 Å². The number of aryl methyl sites for hydroxylation is 1. The first-order chi connectivity index (χ1) is 16.4. The molecule has 1 aromatic heterocycles. The van der Waals surface area contributed by atoms with Gasteiger partial charge >= 0.3 is 5.97 Å². The average molecular weight is 460 g/mol. The number of rotatable bonds is 10. The number of hydrogen-bond acceptors (Lipinski definition) is 5. The highest BCUT2D eigenvalue weighted by Gasteiger charge is 2.19. The molecule has 7 heteroatoms. The van der Waals surface area contributed by atoms with E-state index < -0.39 is 6.04 Å². The van der Waals surface area contributed by atoms with Gasteiger partial charge in [0.15, 0.2) is 0 Å². The van der Waals surface area contributed by atoms with Gasteiger partial charge < -0.3 is 19.4 Å². The minimum Gasteiger partial charge on any atom is -0.497 e. The second-order valence-corrected chi connectivity index (χ2v) is 8.11. The number of methoxy groups -OCH3 is 1. The van der Waals surface area contributed by atoms with Gasteiger partial charge in [-0.15, -0.1) is 0 Å². The Hall–Kier alpha value is -4.05. The van der Waals surface area contributed by atoms with E-state index in [2.05, 4.69) is 11.4 Å². The van der Waals surface area contributed by atoms with Crippen molar-refractivity contribution in [3.63, 3.8) is 0 Å². The number of nitrogens with zero attached hydrogens (tertiary/aromatic N) is 2. The Morgan fingerprint density at radius 2 is 1.88 bits per heavy atom. The Bertz CT molecular complexity index is 1200. The first kappa shape index (κ1) is 24.6. The molecule has 1 heterocycles. The van der Waals surface area contributed by atoms with Crippen LogP contribution in [-0.2, 0) is 20.9 Å². The number of benzene rings is 2. The summed E-state index contributed by atoms with van der Waals surface area (Å²) in [5.74, 6) is -0.0288. The topological polar surface area (TPSA) is 93.3 Å². The number of amides is 1. The zero-order valence-corrected chi connectivity index (χ0v) is 19.7. The zero-order chi connectivity index (χ0) is 24.5. The molecule has 7 nitrogen and oxygen atoms in total. The summed E-state index contributed by atoms with van der Waals surface area (Å²) in [5.41, 5.74) is 2.66. The first-order valence-electron chi connectivity index (χ1n) is 11.2. The van der Waals surface area contributed by atoms with Crippen molar-refractivity contribution in [2.45, 2.75) is 45.4 Å². The highest BCUT2D eigenvalue weighted by Crippen LogP contribution is 2.24. The number of carbonyl (C=O) groups excluding carboxylic acids is 2. The summed E-state index contributed by atoms with van der Waals surface area (Å²) in [6.07, 6.45) is 5.32. The third kappa shape index (κ3) is 6.48. The molecule has 0 spiro atoms. The summed E-state index contributed by atoms with van der Waals surface area (Å²) >= 11 is 0. The predicted octanol–water partition coefficient (Wildman–Crippen LogP) is 4.78. The van der Waals surface area contributed by atoms with Crippen molar-refractivity contribution in [1.29, 1.82) is 5.26 Å². The maximum absolute atomic E-state index is 12.8. The molecule has 2 aromatic carbocycles. The number of esters is 1. The highest BCUT2D eigenvalue weighted by atomic mass is 16.5. The van der Waals surface area contributed by atoms with E-state index in [4.69, 9.17) is 14.7 Å². The van der Waals surface area contributed by atoms with Crippen LogP contribution in [0, 0.1) is 11.3 Å². The standard InChI is InChI=1S/C27H29N3O4/c1-19(2)34-27(32)17-24(20-9-12-22(33-3)13-10-20)29-26(31)14-11-21-18-30(16-6-15-28)25-8-5-4-7-23(21)25/h4-5,7-14,18-19,24H,6,16-17H2,1-3H3,(H,29,31)/b14-11+. The van der Waals surface area contributed by atoms with Crippen LogP contribution >= 0.6 is 0 Å². The number of ether oxygens (including phenoxy) is 2. The SMILES string of the molecule is COc1ccc(C(CC(=O)OC(C)C)NC(=O)/C=C/c2cn(CCC#N)c3ccccc23)cc1. The molecule has 0 aliphatic carbocycles. The van der Waals surface area contributed by atoms with E-state index in [1.165, 1.54) is 6.08 Å². The van der Waals surface area contributed by atoms with Gasteiger partial charge in [0.25, 0.3) is 0 Å². The van der Waals surface area contributed by atoms with Gasteiger partial charge in [-0.2, -0.15) is 5.26 Å². The molecule has 1 N–H and O–H groups in total.